The van der Waals surface area contributed by atoms with Gasteiger partial charge in [-0.25, -0.2) is 0 Å². The molecule has 1 aromatic carbocycles. The Labute approximate surface area is 63.6 Å². The Morgan fingerprint density at radius 1 is 1.36 bits per heavy atom. The molecule has 0 saturated heterocycles. The van der Waals surface area contributed by atoms with E-state index >= 15 is 0 Å². The minimum atomic E-state index is -1.64. The van der Waals surface area contributed by atoms with E-state index in [1.54, 1.807) is 30.3 Å². The van der Waals surface area contributed by atoms with Crippen LogP contribution in [-0.2, 0) is 9.53 Å². The van der Waals surface area contributed by atoms with Gasteiger partial charge >= 0.3 is 0 Å². The van der Waals surface area contributed by atoms with E-state index in [2.05, 4.69) is 4.74 Å². The smallest absolute Gasteiger partial charge is 0.295 e. The molecule has 1 rings (SSSR count). The van der Waals surface area contributed by atoms with E-state index in [1.165, 1.54) is 0 Å². The molecule has 0 spiro atoms. The Morgan fingerprint density at radius 3 is 2.55 bits per heavy atom. The summed E-state index contributed by atoms with van der Waals surface area (Å²) in [5.74, 6) is 0. The van der Waals surface area contributed by atoms with Crippen molar-refractivity contribution >= 4 is 6.47 Å². The van der Waals surface area contributed by atoms with Gasteiger partial charge in [-0.15, -0.1) is 0 Å². The summed E-state index contributed by atoms with van der Waals surface area (Å²) in [6, 6.07) is 8.21. The zero-order chi connectivity index (χ0) is 8.10. The first-order valence-corrected chi connectivity index (χ1v) is 3.12. The molecule has 1 atom stereocenters. The molecule has 0 aliphatic heterocycles. The lowest BCUT2D eigenvalue weighted by Gasteiger charge is -2.04. The highest BCUT2D eigenvalue weighted by molar-refractivity contribution is 5.38. The van der Waals surface area contributed by atoms with Gasteiger partial charge in [-0.05, 0) is 0 Å². The number of hydrogen-bond donors (Lipinski definition) is 0. The third-order valence-electron chi connectivity index (χ3n) is 1.24. The highest BCUT2D eigenvalue weighted by atomic mass is 19.1. The maximum atomic E-state index is 12.7. The van der Waals surface area contributed by atoms with Crippen molar-refractivity contribution in [1.29, 1.82) is 0 Å². The van der Waals surface area contributed by atoms with Crippen LogP contribution in [0.2, 0.25) is 0 Å². The van der Waals surface area contributed by atoms with Gasteiger partial charge in [0, 0.05) is 5.56 Å². The fourth-order valence-electron chi connectivity index (χ4n) is 0.732. The van der Waals surface area contributed by atoms with Gasteiger partial charge in [0.1, 0.15) is 0 Å². The number of carbonyl (C=O) groups excluding carboxylic acids is 1. The van der Waals surface area contributed by atoms with Crippen molar-refractivity contribution in [2.45, 2.75) is 6.36 Å². The minimum absolute atomic E-state index is 0.0949. The van der Waals surface area contributed by atoms with Crippen LogP contribution in [0.15, 0.2) is 30.3 Å². The van der Waals surface area contributed by atoms with Gasteiger partial charge in [-0.2, -0.15) is 4.39 Å². The Bertz CT molecular complexity index is 223. The summed E-state index contributed by atoms with van der Waals surface area (Å²) < 4.78 is 16.8. The number of benzene rings is 1. The molecule has 0 heterocycles. The predicted octanol–water partition coefficient (Wildman–Crippen LogP) is 1.83. The van der Waals surface area contributed by atoms with Crippen molar-refractivity contribution in [2.24, 2.45) is 0 Å². The average molecular weight is 154 g/mol. The molecule has 0 aliphatic carbocycles. The molecule has 2 nitrogen and oxygen atoms in total. The van der Waals surface area contributed by atoms with Crippen molar-refractivity contribution in [3.05, 3.63) is 35.9 Å². The first-order chi connectivity index (χ1) is 5.34. The Balaban J connectivity index is 2.68. The summed E-state index contributed by atoms with van der Waals surface area (Å²) >= 11 is 0. The first kappa shape index (κ1) is 7.72. The zero-order valence-corrected chi connectivity index (χ0v) is 5.74. The highest BCUT2D eigenvalue weighted by Gasteiger charge is 2.07. The zero-order valence-electron chi connectivity index (χ0n) is 5.74. The molecule has 11 heavy (non-hydrogen) atoms. The molecule has 0 N–H and O–H groups in total. The summed E-state index contributed by atoms with van der Waals surface area (Å²) in [5, 5.41) is 0. The lowest BCUT2D eigenvalue weighted by Crippen LogP contribution is -1.95. The van der Waals surface area contributed by atoms with E-state index in [4.69, 9.17) is 0 Å². The van der Waals surface area contributed by atoms with E-state index in [1.807, 2.05) is 0 Å². The average Bonchev–Trinajstić information content (AvgIpc) is 2.07. The summed E-state index contributed by atoms with van der Waals surface area (Å²) in [5.41, 5.74) is 0.347. The normalized spacial score (nSPS) is 12.1. The molecule has 3 heteroatoms. The molecule has 1 unspecified atom stereocenters. The molecule has 0 bridgehead atoms. The molecule has 0 saturated carbocycles. The van der Waals surface area contributed by atoms with E-state index in [0.717, 1.165) is 0 Å². The van der Waals surface area contributed by atoms with E-state index in [9.17, 15) is 9.18 Å². The maximum Gasteiger partial charge on any atom is 0.295 e. The number of halogens is 1. The fourth-order valence-corrected chi connectivity index (χ4v) is 0.732. The van der Waals surface area contributed by atoms with E-state index < -0.39 is 6.36 Å². The van der Waals surface area contributed by atoms with Crippen molar-refractivity contribution in [1.82, 2.24) is 0 Å². The molecular formula is C8H7FO2. The van der Waals surface area contributed by atoms with Gasteiger partial charge in [0.05, 0.1) is 0 Å². The van der Waals surface area contributed by atoms with Gasteiger partial charge in [0.15, 0.2) is 0 Å². The molecule has 58 valence electrons. The fraction of sp³-hybridized carbons (Fsp3) is 0.125. The number of carbonyl (C=O) groups is 1. The second-order valence-corrected chi connectivity index (χ2v) is 1.96. The summed E-state index contributed by atoms with van der Waals surface area (Å²) in [6.07, 6.45) is -1.64. The molecule has 0 aliphatic rings. The topological polar surface area (TPSA) is 26.3 Å². The Kier molecular flexibility index (Phi) is 2.60. The number of rotatable bonds is 3. The lowest BCUT2D eigenvalue weighted by molar-refractivity contribution is -0.142. The molecular weight excluding hydrogens is 147 g/mol. The van der Waals surface area contributed by atoms with Gasteiger partial charge in [-0.3, -0.25) is 4.79 Å². The van der Waals surface area contributed by atoms with Crippen molar-refractivity contribution in [3.63, 3.8) is 0 Å². The number of alkyl halides is 1. The quantitative estimate of drug-likeness (QED) is 0.621. The van der Waals surface area contributed by atoms with Crippen LogP contribution in [0.3, 0.4) is 0 Å². The third-order valence-corrected chi connectivity index (χ3v) is 1.24. The van der Waals surface area contributed by atoms with Crippen molar-refractivity contribution in [2.75, 3.05) is 0 Å². The Hall–Kier alpha value is -1.38. The van der Waals surface area contributed by atoms with E-state index in [0.29, 0.717) is 5.56 Å². The summed E-state index contributed by atoms with van der Waals surface area (Å²) in [7, 11) is 0. The van der Waals surface area contributed by atoms with Crippen LogP contribution in [0.4, 0.5) is 4.39 Å². The summed E-state index contributed by atoms with van der Waals surface area (Å²) in [6.45, 7) is 0.0949. The monoisotopic (exact) mass is 154 g/mol. The second kappa shape index (κ2) is 3.71. The first-order valence-electron chi connectivity index (χ1n) is 3.12. The largest absolute Gasteiger partial charge is 0.429 e. The van der Waals surface area contributed by atoms with Gasteiger partial charge in [0.2, 0.25) is 0 Å². The van der Waals surface area contributed by atoms with Crippen LogP contribution in [-0.4, -0.2) is 6.47 Å². The molecule has 0 amide bonds. The van der Waals surface area contributed by atoms with Gasteiger partial charge in [-0.1, -0.05) is 30.3 Å². The minimum Gasteiger partial charge on any atom is -0.429 e. The van der Waals surface area contributed by atoms with Crippen LogP contribution in [0.5, 0.6) is 0 Å². The van der Waals surface area contributed by atoms with Crippen molar-refractivity contribution < 1.29 is 13.9 Å². The third kappa shape index (κ3) is 2.04. The summed E-state index contributed by atoms with van der Waals surface area (Å²) in [4.78, 5) is 9.73. The number of ether oxygens (including phenoxy) is 1. The van der Waals surface area contributed by atoms with Crippen molar-refractivity contribution in [3.8, 4) is 0 Å². The van der Waals surface area contributed by atoms with Gasteiger partial charge < -0.3 is 4.74 Å². The second-order valence-electron chi connectivity index (χ2n) is 1.96. The van der Waals surface area contributed by atoms with Crippen LogP contribution < -0.4 is 0 Å². The molecule has 0 radical (unpaired) electrons. The van der Waals surface area contributed by atoms with Crippen LogP contribution in [0, 0.1) is 0 Å². The van der Waals surface area contributed by atoms with Gasteiger partial charge in [0.25, 0.3) is 12.8 Å². The Morgan fingerprint density at radius 2 is 2.00 bits per heavy atom. The molecule has 1 aromatic rings. The van der Waals surface area contributed by atoms with Crippen LogP contribution >= 0.6 is 0 Å². The standard InChI is InChI=1S/C8H7FO2/c9-8(11-6-10)7-4-2-1-3-5-7/h1-6,8H. The van der Waals surface area contributed by atoms with E-state index in [-0.39, 0.29) is 6.47 Å². The predicted molar refractivity (Wildman–Crippen MR) is 37.4 cm³/mol. The molecule has 0 fully saturated rings. The van der Waals surface area contributed by atoms with Crippen LogP contribution in [0.25, 0.3) is 0 Å². The lowest BCUT2D eigenvalue weighted by atomic mass is 10.2. The highest BCUT2D eigenvalue weighted by Crippen LogP contribution is 2.16. The molecule has 0 aromatic heterocycles. The maximum absolute atomic E-state index is 12.7. The number of hydrogen-bond acceptors (Lipinski definition) is 2. The SMILES string of the molecule is O=COC(F)c1ccccc1. The van der Waals surface area contributed by atoms with Crippen LogP contribution in [0.1, 0.15) is 11.9 Å².